The number of allylic oxidation sites excluding steroid dienone is 1. The van der Waals surface area contributed by atoms with Crippen LogP contribution in [-0.2, 0) is 16.0 Å². The van der Waals surface area contributed by atoms with Crippen molar-refractivity contribution in [2.75, 3.05) is 6.61 Å². The van der Waals surface area contributed by atoms with E-state index in [4.69, 9.17) is 4.74 Å². The van der Waals surface area contributed by atoms with Gasteiger partial charge >= 0.3 is 5.97 Å². The van der Waals surface area contributed by atoms with E-state index in [2.05, 4.69) is 47.7 Å². The SMILES string of the molecule is C=C(C)C[C@H]1CC[C@@H]2N[C@H](C(=O)OCC)Cc3c2n1c1ccccc31. The molecule has 0 unspecified atom stereocenters. The third kappa shape index (κ3) is 2.69. The molecule has 4 heteroatoms. The number of ether oxygens (including phenoxy) is 1. The molecule has 1 aromatic carbocycles. The van der Waals surface area contributed by atoms with Gasteiger partial charge in [0.1, 0.15) is 6.04 Å². The molecule has 0 fully saturated rings. The van der Waals surface area contributed by atoms with Crippen LogP contribution in [0.5, 0.6) is 0 Å². The molecule has 2 aromatic rings. The minimum atomic E-state index is -0.241. The van der Waals surface area contributed by atoms with Crippen molar-refractivity contribution in [3.8, 4) is 0 Å². The van der Waals surface area contributed by atoms with Crippen LogP contribution in [0.1, 0.15) is 56.5 Å². The van der Waals surface area contributed by atoms with E-state index in [0.717, 1.165) is 19.3 Å². The molecule has 132 valence electrons. The van der Waals surface area contributed by atoms with E-state index in [-0.39, 0.29) is 18.1 Å². The van der Waals surface area contributed by atoms with E-state index >= 15 is 0 Å². The Kier molecular flexibility index (Phi) is 4.16. The van der Waals surface area contributed by atoms with Crippen LogP contribution in [0.4, 0.5) is 0 Å². The summed E-state index contributed by atoms with van der Waals surface area (Å²) >= 11 is 0. The normalized spacial score (nSPS) is 24.8. The standard InChI is InChI=1S/C21H26N2O2/c1-4-25-21(24)18-12-16-15-7-5-6-8-19(15)23-14(11-13(2)3)9-10-17(22-18)20(16)23/h5-8,14,17-18,22H,2,4,9-12H2,1,3H3/t14-,17+,18+/m1/s1. The van der Waals surface area contributed by atoms with Crippen LogP contribution in [0.25, 0.3) is 10.9 Å². The Balaban J connectivity index is 1.83. The maximum atomic E-state index is 12.3. The van der Waals surface area contributed by atoms with E-state index in [1.807, 2.05) is 6.92 Å². The van der Waals surface area contributed by atoms with Gasteiger partial charge in [-0.1, -0.05) is 23.8 Å². The van der Waals surface area contributed by atoms with Gasteiger partial charge in [0.05, 0.1) is 6.61 Å². The quantitative estimate of drug-likeness (QED) is 0.675. The molecule has 3 heterocycles. The van der Waals surface area contributed by atoms with E-state index in [1.54, 1.807) is 0 Å². The monoisotopic (exact) mass is 338 g/mol. The number of fused-ring (bicyclic) bond motifs is 3. The summed E-state index contributed by atoms with van der Waals surface area (Å²) in [6.45, 7) is 8.53. The van der Waals surface area contributed by atoms with Gasteiger partial charge in [0.2, 0.25) is 0 Å². The van der Waals surface area contributed by atoms with Crippen molar-refractivity contribution in [1.29, 1.82) is 0 Å². The highest BCUT2D eigenvalue weighted by Gasteiger charge is 2.39. The van der Waals surface area contributed by atoms with Gasteiger partial charge in [-0.2, -0.15) is 0 Å². The fourth-order valence-electron chi connectivity index (χ4n) is 4.62. The minimum Gasteiger partial charge on any atom is -0.465 e. The number of benzene rings is 1. The summed E-state index contributed by atoms with van der Waals surface area (Å²) in [5.41, 5.74) is 5.21. The van der Waals surface area contributed by atoms with Gasteiger partial charge in [0.25, 0.3) is 0 Å². The second kappa shape index (κ2) is 6.34. The lowest BCUT2D eigenvalue weighted by Crippen LogP contribution is -2.47. The molecule has 4 rings (SSSR count). The van der Waals surface area contributed by atoms with E-state index in [0.29, 0.717) is 19.1 Å². The van der Waals surface area contributed by atoms with Crippen molar-refractivity contribution in [2.45, 2.75) is 57.7 Å². The minimum absolute atomic E-state index is 0.131. The Morgan fingerprint density at radius 2 is 2.16 bits per heavy atom. The number of nitrogens with one attached hydrogen (secondary N) is 1. The smallest absolute Gasteiger partial charge is 0.323 e. The first-order chi connectivity index (χ1) is 12.1. The number of esters is 1. The molecule has 1 aromatic heterocycles. The van der Waals surface area contributed by atoms with Gasteiger partial charge < -0.3 is 9.30 Å². The lowest BCUT2D eigenvalue weighted by Gasteiger charge is -2.38. The van der Waals surface area contributed by atoms with Crippen molar-refractivity contribution in [3.05, 3.63) is 47.7 Å². The predicted molar refractivity (Wildman–Crippen MR) is 99.6 cm³/mol. The highest BCUT2D eigenvalue weighted by atomic mass is 16.5. The zero-order chi connectivity index (χ0) is 17.6. The number of carbonyl (C=O) groups is 1. The van der Waals surface area contributed by atoms with Crippen LogP contribution in [0, 0.1) is 0 Å². The summed E-state index contributed by atoms with van der Waals surface area (Å²) < 4.78 is 7.80. The molecule has 3 atom stereocenters. The highest BCUT2D eigenvalue weighted by molar-refractivity contribution is 5.88. The van der Waals surface area contributed by atoms with Crippen LogP contribution in [0.3, 0.4) is 0 Å². The van der Waals surface area contributed by atoms with Gasteiger partial charge in [0.15, 0.2) is 0 Å². The van der Waals surface area contributed by atoms with Crippen LogP contribution in [0.2, 0.25) is 0 Å². The number of carbonyl (C=O) groups excluding carboxylic acids is 1. The number of hydrogen-bond donors (Lipinski definition) is 1. The first-order valence-corrected chi connectivity index (χ1v) is 9.29. The van der Waals surface area contributed by atoms with E-state index in [9.17, 15) is 4.79 Å². The number of para-hydroxylation sites is 1. The Morgan fingerprint density at radius 3 is 2.92 bits per heavy atom. The molecule has 25 heavy (non-hydrogen) atoms. The molecule has 0 saturated heterocycles. The summed E-state index contributed by atoms with van der Waals surface area (Å²) in [6.07, 6.45) is 3.87. The molecule has 0 radical (unpaired) electrons. The number of rotatable bonds is 4. The van der Waals surface area contributed by atoms with Crippen LogP contribution >= 0.6 is 0 Å². The summed E-state index contributed by atoms with van der Waals surface area (Å²) in [5, 5.41) is 4.84. The first-order valence-electron chi connectivity index (χ1n) is 9.29. The van der Waals surface area contributed by atoms with Crippen molar-refractivity contribution >= 4 is 16.9 Å². The first kappa shape index (κ1) is 16.4. The average molecular weight is 338 g/mol. The van der Waals surface area contributed by atoms with Crippen molar-refractivity contribution < 1.29 is 9.53 Å². The fraction of sp³-hybridized carbons (Fsp3) is 0.476. The zero-order valence-corrected chi connectivity index (χ0v) is 15.0. The van der Waals surface area contributed by atoms with E-state index < -0.39 is 0 Å². The molecule has 2 aliphatic heterocycles. The Bertz CT molecular complexity index is 836. The summed E-state index contributed by atoms with van der Waals surface area (Å²) in [6, 6.07) is 9.05. The number of nitrogens with zero attached hydrogens (tertiary/aromatic N) is 1. The maximum absolute atomic E-state index is 12.3. The summed E-state index contributed by atoms with van der Waals surface area (Å²) in [5.74, 6) is -0.131. The molecule has 0 saturated carbocycles. The lowest BCUT2D eigenvalue weighted by atomic mass is 9.87. The van der Waals surface area contributed by atoms with Gasteiger partial charge in [-0.15, -0.1) is 6.58 Å². The lowest BCUT2D eigenvalue weighted by molar-refractivity contribution is -0.146. The second-order valence-electron chi connectivity index (χ2n) is 7.37. The van der Waals surface area contributed by atoms with Gasteiger partial charge in [-0.05, 0) is 44.7 Å². The van der Waals surface area contributed by atoms with Crippen LogP contribution in [-0.4, -0.2) is 23.2 Å². The number of aromatic nitrogens is 1. The summed E-state index contributed by atoms with van der Waals surface area (Å²) in [7, 11) is 0. The van der Waals surface area contributed by atoms with E-state index in [1.165, 1.54) is 27.7 Å². The average Bonchev–Trinajstić information content (AvgIpc) is 2.93. The van der Waals surface area contributed by atoms with Crippen molar-refractivity contribution in [2.24, 2.45) is 0 Å². The molecule has 0 aliphatic carbocycles. The molecule has 4 nitrogen and oxygen atoms in total. The third-order valence-corrected chi connectivity index (χ3v) is 5.51. The molecular formula is C21H26N2O2. The largest absolute Gasteiger partial charge is 0.465 e. The molecule has 2 aliphatic rings. The third-order valence-electron chi connectivity index (χ3n) is 5.51. The number of hydrogen-bond acceptors (Lipinski definition) is 3. The topological polar surface area (TPSA) is 43.3 Å². The van der Waals surface area contributed by atoms with Crippen molar-refractivity contribution in [3.63, 3.8) is 0 Å². The van der Waals surface area contributed by atoms with Crippen LogP contribution in [0.15, 0.2) is 36.4 Å². The predicted octanol–water partition coefficient (Wildman–Crippen LogP) is 4.06. The Morgan fingerprint density at radius 1 is 1.36 bits per heavy atom. The highest BCUT2D eigenvalue weighted by Crippen LogP contribution is 2.45. The van der Waals surface area contributed by atoms with Crippen molar-refractivity contribution in [1.82, 2.24) is 9.88 Å². The molecular weight excluding hydrogens is 312 g/mol. The van der Waals surface area contributed by atoms with Crippen LogP contribution < -0.4 is 5.32 Å². The zero-order valence-electron chi connectivity index (χ0n) is 15.0. The Labute approximate surface area is 148 Å². The second-order valence-corrected chi connectivity index (χ2v) is 7.37. The molecule has 0 bridgehead atoms. The molecule has 0 spiro atoms. The maximum Gasteiger partial charge on any atom is 0.323 e. The summed E-state index contributed by atoms with van der Waals surface area (Å²) in [4.78, 5) is 12.3. The molecule has 1 N–H and O–H groups in total. The van der Waals surface area contributed by atoms with Gasteiger partial charge in [-0.3, -0.25) is 10.1 Å². The Hall–Kier alpha value is -2.07. The molecule has 0 amide bonds. The fourth-order valence-corrected chi connectivity index (χ4v) is 4.62. The van der Waals surface area contributed by atoms with Gasteiger partial charge in [0, 0.05) is 35.1 Å². The van der Waals surface area contributed by atoms with Gasteiger partial charge in [-0.25, -0.2) is 0 Å².